The van der Waals surface area contributed by atoms with Gasteiger partial charge < -0.3 is 5.32 Å². The third-order valence-electron chi connectivity index (χ3n) is 2.64. The number of aromatic nitrogens is 2. The van der Waals surface area contributed by atoms with E-state index in [1.54, 1.807) is 0 Å². The Bertz CT molecular complexity index is 357. The molecule has 4 heteroatoms. The zero-order valence-electron chi connectivity index (χ0n) is 10.3. The van der Waals surface area contributed by atoms with Gasteiger partial charge in [0.2, 0.25) is 0 Å². The molecular weight excluding hydrogens is 266 g/mol. The molecule has 0 aromatic carbocycles. The number of halogens is 1. The molecule has 1 aromatic heterocycles. The highest BCUT2D eigenvalue weighted by molar-refractivity contribution is 9.10. The molecule has 1 atom stereocenters. The second-order valence-corrected chi connectivity index (χ2v) is 4.57. The second-order valence-electron chi connectivity index (χ2n) is 3.78. The van der Waals surface area contributed by atoms with E-state index in [0.717, 1.165) is 29.7 Å². The Morgan fingerprint density at radius 2 is 2.25 bits per heavy atom. The maximum Gasteiger partial charge on any atom is 0.0767 e. The maximum absolute atomic E-state index is 4.55. The summed E-state index contributed by atoms with van der Waals surface area (Å²) in [6.45, 7) is 11.8. The van der Waals surface area contributed by atoms with Crippen molar-refractivity contribution >= 4 is 15.9 Å². The fourth-order valence-electron chi connectivity index (χ4n) is 1.53. The molecule has 0 spiro atoms. The largest absolute Gasteiger partial charge is 0.305 e. The summed E-state index contributed by atoms with van der Waals surface area (Å²) in [5.41, 5.74) is 2.35. The van der Waals surface area contributed by atoms with E-state index in [0.29, 0.717) is 6.04 Å². The van der Waals surface area contributed by atoms with Crippen LogP contribution in [0.25, 0.3) is 0 Å². The van der Waals surface area contributed by atoms with Gasteiger partial charge in [-0.05, 0) is 36.2 Å². The van der Waals surface area contributed by atoms with Gasteiger partial charge in [0.05, 0.1) is 15.9 Å². The van der Waals surface area contributed by atoms with Crippen LogP contribution in [0.15, 0.2) is 17.1 Å². The first kappa shape index (κ1) is 13.5. The van der Waals surface area contributed by atoms with Crippen molar-refractivity contribution in [3.05, 3.63) is 28.5 Å². The zero-order valence-corrected chi connectivity index (χ0v) is 11.8. The van der Waals surface area contributed by atoms with Crippen molar-refractivity contribution in [1.82, 2.24) is 15.1 Å². The van der Waals surface area contributed by atoms with Gasteiger partial charge >= 0.3 is 0 Å². The van der Waals surface area contributed by atoms with E-state index in [1.807, 2.05) is 10.8 Å². The van der Waals surface area contributed by atoms with Crippen LogP contribution < -0.4 is 5.32 Å². The van der Waals surface area contributed by atoms with Crippen LogP contribution in [0.4, 0.5) is 0 Å². The van der Waals surface area contributed by atoms with Crippen molar-refractivity contribution < 1.29 is 0 Å². The predicted molar refractivity (Wildman–Crippen MR) is 71.5 cm³/mol. The lowest BCUT2D eigenvalue weighted by molar-refractivity contribution is 0.559. The summed E-state index contributed by atoms with van der Waals surface area (Å²) in [4.78, 5) is 0. The molecule has 1 heterocycles. The van der Waals surface area contributed by atoms with E-state index in [2.05, 4.69) is 53.7 Å². The highest BCUT2D eigenvalue weighted by Crippen LogP contribution is 2.22. The van der Waals surface area contributed by atoms with E-state index in [4.69, 9.17) is 0 Å². The molecule has 0 saturated heterocycles. The van der Waals surface area contributed by atoms with Crippen LogP contribution in [0.2, 0.25) is 0 Å². The molecule has 0 aliphatic carbocycles. The number of aryl methyl sites for hydroxylation is 2. The SMILES string of the molecule is C=CC(C)NCc1c(Br)c(CC)nn1CC. The van der Waals surface area contributed by atoms with Crippen molar-refractivity contribution in [3.63, 3.8) is 0 Å². The molecule has 0 aliphatic heterocycles. The molecule has 16 heavy (non-hydrogen) atoms. The Hall–Kier alpha value is -0.610. The molecule has 3 nitrogen and oxygen atoms in total. The van der Waals surface area contributed by atoms with Gasteiger partial charge in [0.25, 0.3) is 0 Å². The lowest BCUT2D eigenvalue weighted by atomic mass is 10.3. The van der Waals surface area contributed by atoms with E-state index in [1.165, 1.54) is 5.69 Å². The lowest BCUT2D eigenvalue weighted by Gasteiger charge is -2.10. The third-order valence-corrected chi connectivity index (χ3v) is 3.55. The predicted octanol–water partition coefficient (Wildman–Crippen LogP) is 2.89. The fraction of sp³-hybridized carbons (Fsp3) is 0.583. The molecule has 0 bridgehead atoms. The number of hydrogen-bond acceptors (Lipinski definition) is 2. The summed E-state index contributed by atoms with van der Waals surface area (Å²) in [6.07, 6.45) is 2.86. The molecule has 0 amide bonds. The summed E-state index contributed by atoms with van der Waals surface area (Å²) in [6, 6.07) is 0.317. The van der Waals surface area contributed by atoms with Gasteiger partial charge in [-0.1, -0.05) is 13.0 Å². The van der Waals surface area contributed by atoms with E-state index < -0.39 is 0 Å². The minimum absolute atomic E-state index is 0.317. The first-order chi connectivity index (χ1) is 7.63. The molecular formula is C12H20BrN3. The quantitative estimate of drug-likeness (QED) is 0.815. The van der Waals surface area contributed by atoms with Gasteiger partial charge in [-0.2, -0.15) is 5.10 Å². The summed E-state index contributed by atoms with van der Waals surface area (Å²) in [7, 11) is 0. The Labute approximate surface area is 106 Å². The molecule has 90 valence electrons. The summed E-state index contributed by atoms with van der Waals surface area (Å²) < 4.78 is 3.19. The average Bonchev–Trinajstić information content (AvgIpc) is 2.62. The fourth-order valence-corrected chi connectivity index (χ4v) is 2.23. The monoisotopic (exact) mass is 285 g/mol. The van der Waals surface area contributed by atoms with Crippen molar-refractivity contribution in [2.45, 2.75) is 46.3 Å². The standard InChI is InChI=1S/C12H20BrN3/c1-5-9(4)14-8-11-12(13)10(6-2)15-16(11)7-3/h5,9,14H,1,6-8H2,2-4H3. The minimum Gasteiger partial charge on any atom is -0.305 e. The maximum atomic E-state index is 4.55. The smallest absolute Gasteiger partial charge is 0.0767 e. The highest BCUT2D eigenvalue weighted by atomic mass is 79.9. The van der Waals surface area contributed by atoms with Crippen molar-refractivity contribution in [2.24, 2.45) is 0 Å². The first-order valence-electron chi connectivity index (χ1n) is 5.73. The topological polar surface area (TPSA) is 29.9 Å². The van der Waals surface area contributed by atoms with Crippen molar-refractivity contribution in [1.29, 1.82) is 0 Å². The van der Waals surface area contributed by atoms with Gasteiger partial charge in [-0.15, -0.1) is 6.58 Å². The van der Waals surface area contributed by atoms with E-state index in [9.17, 15) is 0 Å². The molecule has 1 aromatic rings. The van der Waals surface area contributed by atoms with Crippen LogP contribution in [-0.2, 0) is 19.5 Å². The van der Waals surface area contributed by atoms with Crippen molar-refractivity contribution in [3.8, 4) is 0 Å². The Kier molecular flexibility index (Phi) is 5.22. The second kappa shape index (κ2) is 6.21. The minimum atomic E-state index is 0.317. The highest BCUT2D eigenvalue weighted by Gasteiger charge is 2.13. The van der Waals surface area contributed by atoms with Crippen LogP contribution in [0, 0.1) is 0 Å². The van der Waals surface area contributed by atoms with Gasteiger partial charge in [0.1, 0.15) is 0 Å². The summed E-state index contributed by atoms with van der Waals surface area (Å²) >= 11 is 3.63. The van der Waals surface area contributed by atoms with Crippen LogP contribution in [0.5, 0.6) is 0 Å². The molecule has 0 aliphatic rings. The molecule has 1 rings (SSSR count). The Morgan fingerprint density at radius 1 is 1.56 bits per heavy atom. The van der Waals surface area contributed by atoms with Gasteiger partial charge in [-0.3, -0.25) is 4.68 Å². The van der Waals surface area contributed by atoms with Gasteiger partial charge in [-0.25, -0.2) is 0 Å². The molecule has 0 radical (unpaired) electrons. The molecule has 1 unspecified atom stereocenters. The van der Waals surface area contributed by atoms with E-state index in [-0.39, 0.29) is 0 Å². The summed E-state index contributed by atoms with van der Waals surface area (Å²) in [5, 5.41) is 7.95. The first-order valence-corrected chi connectivity index (χ1v) is 6.53. The van der Waals surface area contributed by atoms with Crippen molar-refractivity contribution in [2.75, 3.05) is 0 Å². The Balaban J connectivity index is 2.84. The van der Waals surface area contributed by atoms with Gasteiger partial charge in [0, 0.05) is 19.1 Å². The van der Waals surface area contributed by atoms with Crippen LogP contribution in [0.3, 0.4) is 0 Å². The number of nitrogens with zero attached hydrogens (tertiary/aromatic N) is 2. The number of rotatable bonds is 6. The summed E-state index contributed by atoms with van der Waals surface area (Å²) in [5.74, 6) is 0. The van der Waals surface area contributed by atoms with Crippen LogP contribution in [0.1, 0.15) is 32.2 Å². The van der Waals surface area contributed by atoms with E-state index >= 15 is 0 Å². The van der Waals surface area contributed by atoms with Crippen LogP contribution in [-0.4, -0.2) is 15.8 Å². The number of nitrogens with one attached hydrogen (secondary N) is 1. The van der Waals surface area contributed by atoms with Crippen LogP contribution >= 0.6 is 15.9 Å². The molecule has 0 saturated carbocycles. The average molecular weight is 286 g/mol. The van der Waals surface area contributed by atoms with Gasteiger partial charge in [0.15, 0.2) is 0 Å². The zero-order chi connectivity index (χ0) is 12.1. The normalized spacial score (nSPS) is 12.8. The third kappa shape index (κ3) is 2.95. The molecule has 1 N–H and O–H groups in total. The molecule has 0 fully saturated rings. The Morgan fingerprint density at radius 3 is 2.75 bits per heavy atom. The number of hydrogen-bond donors (Lipinski definition) is 1. The lowest BCUT2D eigenvalue weighted by Crippen LogP contribution is -2.24.